The van der Waals surface area contributed by atoms with Crippen LogP contribution in [0.1, 0.15) is 61.6 Å². The number of rotatable bonds is 1. The van der Waals surface area contributed by atoms with Crippen LogP contribution in [-0.4, -0.2) is 16.3 Å². The summed E-state index contributed by atoms with van der Waals surface area (Å²) in [5.74, 6) is 0.356. The van der Waals surface area contributed by atoms with Gasteiger partial charge in [-0.15, -0.1) is 0 Å². The van der Waals surface area contributed by atoms with E-state index in [1.807, 2.05) is 6.07 Å². The van der Waals surface area contributed by atoms with Gasteiger partial charge in [0.1, 0.15) is 5.75 Å². The molecule has 1 saturated carbocycles. The van der Waals surface area contributed by atoms with E-state index in [1.54, 1.807) is 0 Å². The second kappa shape index (κ2) is 5.58. The van der Waals surface area contributed by atoms with Crippen LogP contribution in [0, 0.1) is 0 Å². The van der Waals surface area contributed by atoms with Gasteiger partial charge in [-0.05, 0) is 91.7 Å². The highest BCUT2D eigenvalue weighted by atomic mass is 16.3. The number of fused-ring (bicyclic) bond motifs is 2. The summed E-state index contributed by atoms with van der Waals surface area (Å²) < 4.78 is 0. The summed E-state index contributed by atoms with van der Waals surface area (Å²) in [6.45, 7) is 0. The first-order valence-corrected chi connectivity index (χ1v) is 8.70. The smallest absolute Gasteiger partial charge is 0.123 e. The molecule has 0 aromatic heterocycles. The van der Waals surface area contributed by atoms with Crippen LogP contribution < -0.4 is 0 Å². The topological polar surface area (TPSA) is 40.5 Å². The van der Waals surface area contributed by atoms with Crippen LogP contribution in [0.3, 0.4) is 0 Å². The van der Waals surface area contributed by atoms with E-state index in [-0.39, 0.29) is 0 Å². The highest BCUT2D eigenvalue weighted by Gasteiger charge is 2.30. The number of phenolic OH excluding ortho intramolecular Hbond substituents is 1. The Morgan fingerprint density at radius 1 is 0.909 bits per heavy atom. The standard InChI is InChI=1S/C20H24O2/c21-17-11-9-13-5-1-3-7-15(13)19(17)20-16-8-4-2-6-14(16)10-12-18(20)22/h9-11,18,21-22H,1-8,12H2/t18-/m0/s1. The Kier molecular flexibility index (Phi) is 3.57. The summed E-state index contributed by atoms with van der Waals surface area (Å²) in [6, 6.07) is 3.91. The van der Waals surface area contributed by atoms with Crippen molar-refractivity contribution in [1.29, 1.82) is 0 Å². The Labute approximate surface area is 132 Å². The van der Waals surface area contributed by atoms with Crippen LogP contribution in [0.4, 0.5) is 0 Å². The van der Waals surface area contributed by atoms with Gasteiger partial charge in [0.25, 0.3) is 0 Å². The van der Waals surface area contributed by atoms with E-state index < -0.39 is 6.10 Å². The summed E-state index contributed by atoms with van der Waals surface area (Å²) in [5, 5.41) is 21.2. The Morgan fingerprint density at radius 2 is 1.68 bits per heavy atom. The molecule has 0 unspecified atom stereocenters. The van der Waals surface area contributed by atoms with E-state index in [1.165, 1.54) is 48.0 Å². The van der Waals surface area contributed by atoms with E-state index in [9.17, 15) is 10.2 Å². The number of phenols is 1. The predicted molar refractivity (Wildman–Crippen MR) is 88.8 cm³/mol. The van der Waals surface area contributed by atoms with Gasteiger partial charge >= 0.3 is 0 Å². The van der Waals surface area contributed by atoms with E-state index in [2.05, 4.69) is 12.1 Å². The van der Waals surface area contributed by atoms with Crippen molar-refractivity contribution in [3.8, 4) is 5.75 Å². The largest absolute Gasteiger partial charge is 0.507 e. The number of aliphatic hydroxyl groups is 1. The van der Waals surface area contributed by atoms with Gasteiger partial charge in [0.15, 0.2) is 0 Å². The molecule has 4 rings (SSSR count). The van der Waals surface area contributed by atoms with Crippen LogP contribution in [0.25, 0.3) is 5.57 Å². The number of allylic oxidation sites excluding steroid dienone is 2. The molecular formula is C20H24O2. The van der Waals surface area contributed by atoms with Gasteiger partial charge in [-0.25, -0.2) is 0 Å². The average Bonchev–Trinajstić information content (AvgIpc) is 2.56. The van der Waals surface area contributed by atoms with Crippen molar-refractivity contribution in [1.82, 2.24) is 0 Å². The van der Waals surface area contributed by atoms with Crippen molar-refractivity contribution < 1.29 is 10.2 Å². The minimum Gasteiger partial charge on any atom is -0.507 e. The minimum absolute atomic E-state index is 0.356. The van der Waals surface area contributed by atoms with Gasteiger partial charge in [0.05, 0.1) is 6.10 Å². The normalized spacial score (nSPS) is 24.6. The molecule has 2 nitrogen and oxygen atoms in total. The summed E-state index contributed by atoms with van der Waals surface area (Å²) in [7, 11) is 0. The van der Waals surface area contributed by atoms with Crippen molar-refractivity contribution in [3.63, 3.8) is 0 Å². The molecule has 1 fully saturated rings. The zero-order valence-corrected chi connectivity index (χ0v) is 13.1. The van der Waals surface area contributed by atoms with Crippen LogP contribution in [0.5, 0.6) is 5.75 Å². The molecule has 1 aromatic rings. The molecule has 2 heteroatoms. The Balaban J connectivity index is 1.93. The predicted octanol–water partition coefficient (Wildman–Crippen LogP) is 4.29. The molecule has 0 saturated heterocycles. The lowest BCUT2D eigenvalue weighted by molar-refractivity contribution is 0.232. The maximum absolute atomic E-state index is 10.7. The molecule has 116 valence electrons. The van der Waals surface area contributed by atoms with Gasteiger partial charge in [0.2, 0.25) is 0 Å². The van der Waals surface area contributed by atoms with Crippen molar-refractivity contribution in [2.75, 3.05) is 0 Å². The molecule has 2 N–H and O–H groups in total. The van der Waals surface area contributed by atoms with Gasteiger partial charge in [0, 0.05) is 5.56 Å². The third-order valence-corrected chi connectivity index (χ3v) is 5.54. The van der Waals surface area contributed by atoms with Crippen molar-refractivity contribution in [2.24, 2.45) is 0 Å². The fraction of sp³-hybridized carbons (Fsp3) is 0.500. The van der Waals surface area contributed by atoms with Crippen LogP contribution >= 0.6 is 0 Å². The Bertz CT molecular complexity index is 667. The summed E-state index contributed by atoms with van der Waals surface area (Å²) >= 11 is 0. The van der Waals surface area contributed by atoms with E-state index in [4.69, 9.17) is 0 Å². The van der Waals surface area contributed by atoms with Crippen LogP contribution in [0.2, 0.25) is 0 Å². The lowest BCUT2D eigenvalue weighted by Crippen LogP contribution is -2.20. The van der Waals surface area contributed by atoms with Gasteiger partial charge in [-0.3, -0.25) is 0 Å². The fourth-order valence-corrected chi connectivity index (χ4v) is 4.47. The van der Waals surface area contributed by atoms with Gasteiger partial charge in [-0.2, -0.15) is 0 Å². The molecule has 3 aliphatic rings. The molecule has 0 aliphatic heterocycles. The highest BCUT2D eigenvalue weighted by Crippen LogP contribution is 2.45. The van der Waals surface area contributed by atoms with E-state index in [0.717, 1.165) is 36.8 Å². The number of benzene rings is 1. The molecule has 1 atom stereocenters. The van der Waals surface area contributed by atoms with E-state index in [0.29, 0.717) is 12.2 Å². The first-order valence-electron chi connectivity index (χ1n) is 8.70. The zero-order valence-electron chi connectivity index (χ0n) is 13.1. The molecule has 0 amide bonds. The lowest BCUT2D eigenvalue weighted by atomic mass is 9.75. The van der Waals surface area contributed by atoms with Crippen molar-refractivity contribution in [2.45, 2.75) is 63.9 Å². The number of aryl methyl sites for hydroxylation is 1. The molecule has 0 bridgehead atoms. The number of aromatic hydroxyl groups is 1. The van der Waals surface area contributed by atoms with Crippen LogP contribution in [0.15, 0.2) is 29.4 Å². The molecule has 0 radical (unpaired) electrons. The molecule has 0 heterocycles. The molecule has 1 aromatic carbocycles. The maximum Gasteiger partial charge on any atom is 0.123 e. The lowest BCUT2D eigenvalue weighted by Gasteiger charge is -2.32. The Morgan fingerprint density at radius 3 is 2.59 bits per heavy atom. The molecule has 22 heavy (non-hydrogen) atoms. The Hall–Kier alpha value is -1.54. The number of aliphatic hydroxyl groups excluding tert-OH is 1. The quantitative estimate of drug-likeness (QED) is 0.811. The van der Waals surface area contributed by atoms with Crippen LogP contribution in [-0.2, 0) is 12.8 Å². The number of hydrogen-bond donors (Lipinski definition) is 2. The zero-order chi connectivity index (χ0) is 15.1. The first kappa shape index (κ1) is 14.1. The summed E-state index contributed by atoms with van der Waals surface area (Å²) in [5.41, 5.74) is 7.39. The molecular weight excluding hydrogens is 272 g/mol. The molecule has 3 aliphatic carbocycles. The fourth-order valence-electron chi connectivity index (χ4n) is 4.47. The second-order valence-corrected chi connectivity index (χ2v) is 6.88. The average molecular weight is 296 g/mol. The van der Waals surface area contributed by atoms with Gasteiger partial charge < -0.3 is 10.2 Å². The second-order valence-electron chi connectivity index (χ2n) is 6.88. The third kappa shape index (κ3) is 2.21. The maximum atomic E-state index is 10.7. The summed E-state index contributed by atoms with van der Waals surface area (Å²) in [4.78, 5) is 0. The number of hydrogen-bond acceptors (Lipinski definition) is 2. The molecule has 0 spiro atoms. The van der Waals surface area contributed by atoms with Crippen molar-refractivity contribution >= 4 is 5.57 Å². The third-order valence-electron chi connectivity index (χ3n) is 5.54. The monoisotopic (exact) mass is 296 g/mol. The highest BCUT2D eigenvalue weighted by molar-refractivity contribution is 5.82. The van der Waals surface area contributed by atoms with E-state index >= 15 is 0 Å². The SMILES string of the molecule is Oc1ccc2c(c1C1=C3CCCCC3=CC[C@@H]1O)CCCC2. The summed E-state index contributed by atoms with van der Waals surface area (Å²) in [6.07, 6.45) is 11.6. The van der Waals surface area contributed by atoms with Gasteiger partial charge in [-0.1, -0.05) is 12.1 Å². The first-order chi connectivity index (χ1) is 10.8. The van der Waals surface area contributed by atoms with Crippen molar-refractivity contribution in [3.05, 3.63) is 46.0 Å². The minimum atomic E-state index is -0.462.